The first kappa shape index (κ1) is 22.5. The Hall–Kier alpha value is -3.17. The molecule has 1 heterocycles. The lowest BCUT2D eigenvalue weighted by atomic mass is 10.2. The minimum Gasteiger partial charge on any atom is -0.496 e. The molecule has 0 aliphatic rings. The van der Waals surface area contributed by atoms with E-state index in [1.165, 1.54) is 11.6 Å². The van der Waals surface area contributed by atoms with Gasteiger partial charge in [-0.2, -0.15) is 4.98 Å². The van der Waals surface area contributed by atoms with Gasteiger partial charge in [-0.05, 0) is 56.7 Å². The highest BCUT2D eigenvalue weighted by Gasteiger charge is 2.15. The smallest absolute Gasteiger partial charge is 0.240 e. The third kappa shape index (κ3) is 6.16. The van der Waals surface area contributed by atoms with Gasteiger partial charge in [0, 0.05) is 30.5 Å². The number of nitrogens with zero attached hydrogens (tertiary/aromatic N) is 2. The number of methoxy groups -OCH3 is 1. The first-order valence-electron chi connectivity index (χ1n) is 9.84. The number of anilines is 3. The molecule has 0 aliphatic carbocycles. The molecular formula is C22H27N5O3S. The monoisotopic (exact) mass is 441 g/mol. The zero-order valence-corrected chi connectivity index (χ0v) is 18.9. The number of sulfonamides is 1. The fourth-order valence-electron chi connectivity index (χ4n) is 2.96. The largest absolute Gasteiger partial charge is 0.496 e. The average molecular weight is 442 g/mol. The lowest BCUT2D eigenvalue weighted by molar-refractivity contribution is 0.411. The topological polar surface area (TPSA) is 105 Å². The van der Waals surface area contributed by atoms with E-state index in [1.807, 2.05) is 44.2 Å². The Morgan fingerprint density at radius 3 is 2.35 bits per heavy atom. The molecule has 164 valence electrons. The van der Waals surface area contributed by atoms with E-state index in [-0.39, 0.29) is 11.4 Å². The Bertz CT molecular complexity index is 1150. The van der Waals surface area contributed by atoms with Crippen LogP contribution < -0.4 is 20.1 Å². The van der Waals surface area contributed by atoms with Crippen LogP contribution in [0.5, 0.6) is 5.75 Å². The highest BCUT2D eigenvalue weighted by atomic mass is 32.2. The van der Waals surface area contributed by atoms with Gasteiger partial charge in [-0.3, -0.25) is 0 Å². The normalized spacial score (nSPS) is 11.2. The van der Waals surface area contributed by atoms with Crippen LogP contribution in [0.1, 0.15) is 16.8 Å². The molecular weight excluding hydrogens is 414 g/mol. The molecule has 0 unspecified atom stereocenters. The molecule has 3 aromatic rings. The van der Waals surface area contributed by atoms with Crippen LogP contribution in [0.2, 0.25) is 0 Å². The number of aromatic nitrogens is 2. The summed E-state index contributed by atoms with van der Waals surface area (Å²) < 4.78 is 32.8. The summed E-state index contributed by atoms with van der Waals surface area (Å²) in [5, 5.41) is 6.32. The van der Waals surface area contributed by atoms with Gasteiger partial charge in [0.2, 0.25) is 16.0 Å². The van der Waals surface area contributed by atoms with Gasteiger partial charge in [0.1, 0.15) is 11.6 Å². The van der Waals surface area contributed by atoms with Crippen LogP contribution in [0.3, 0.4) is 0 Å². The molecule has 31 heavy (non-hydrogen) atoms. The van der Waals surface area contributed by atoms with Crippen LogP contribution in [0, 0.1) is 20.8 Å². The van der Waals surface area contributed by atoms with E-state index in [2.05, 4.69) is 25.3 Å². The third-order valence-corrected chi connectivity index (χ3v) is 6.01. The van der Waals surface area contributed by atoms with Crippen molar-refractivity contribution in [3.8, 4) is 5.75 Å². The van der Waals surface area contributed by atoms with Crippen LogP contribution in [-0.2, 0) is 10.0 Å². The summed E-state index contributed by atoms with van der Waals surface area (Å²) in [5.74, 6) is 1.73. The molecule has 0 spiro atoms. The number of aryl methyl sites for hydroxylation is 3. The summed E-state index contributed by atoms with van der Waals surface area (Å²) in [6, 6.07) is 14.6. The Morgan fingerprint density at radius 1 is 0.935 bits per heavy atom. The van der Waals surface area contributed by atoms with Gasteiger partial charge < -0.3 is 15.4 Å². The van der Waals surface area contributed by atoms with E-state index in [0.29, 0.717) is 24.1 Å². The van der Waals surface area contributed by atoms with Crippen molar-refractivity contribution in [2.45, 2.75) is 25.7 Å². The molecule has 2 aromatic carbocycles. The second-order valence-corrected chi connectivity index (χ2v) is 8.93. The van der Waals surface area contributed by atoms with Gasteiger partial charge in [-0.1, -0.05) is 17.7 Å². The van der Waals surface area contributed by atoms with E-state index in [9.17, 15) is 8.42 Å². The van der Waals surface area contributed by atoms with Gasteiger partial charge in [0.25, 0.3) is 0 Å². The number of ether oxygens (including phenoxy) is 1. The summed E-state index contributed by atoms with van der Waals surface area (Å²) in [6.45, 7) is 6.23. The quantitative estimate of drug-likeness (QED) is 0.436. The Labute approximate surface area is 183 Å². The van der Waals surface area contributed by atoms with Gasteiger partial charge in [0.05, 0.1) is 12.0 Å². The molecule has 0 bridgehead atoms. The number of nitrogens with one attached hydrogen (secondary N) is 3. The minimum absolute atomic E-state index is 0.186. The minimum atomic E-state index is -3.62. The summed E-state index contributed by atoms with van der Waals surface area (Å²) >= 11 is 0. The maximum Gasteiger partial charge on any atom is 0.240 e. The standard InChI is InChI=1S/C22H27N5O3S/c1-15-5-7-18(8-6-15)26-21-14-17(3)25-22(27-21)23-11-12-24-31(28,29)19-9-10-20(30-4)16(2)13-19/h5-10,13-14,24H,11-12H2,1-4H3,(H2,23,25,26,27). The maximum absolute atomic E-state index is 12.5. The SMILES string of the molecule is COc1ccc(S(=O)(=O)NCCNc2nc(C)cc(Nc3ccc(C)cc3)n2)cc1C. The van der Waals surface area contributed by atoms with Crippen LogP contribution >= 0.6 is 0 Å². The lowest BCUT2D eigenvalue weighted by Gasteiger charge is -2.12. The number of benzene rings is 2. The fourth-order valence-corrected chi connectivity index (χ4v) is 4.07. The Morgan fingerprint density at radius 2 is 1.68 bits per heavy atom. The fraction of sp³-hybridized carbons (Fsp3) is 0.273. The number of hydrogen-bond donors (Lipinski definition) is 3. The molecule has 0 radical (unpaired) electrons. The van der Waals surface area contributed by atoms with E-state index < -0.39 is 10.0 Å². The van der Waals surface area contributed by atoms with E-state index in [0.717, 1.165) is 16.9 Å². The summed E-state index contributed by atoms with van der Waals surface area (Å²) in [6.07, 6.45) is 0. The van der Waals surface area contributed by atoms with Gasteiger partial charge >= 0.3 is 0 Å². The maximum atomic E-state index is 12.5. The molecule has 3 N–H and O–H groups in total. The van der Waals surface area contributed by atoms with Crippen molar-refractivity contribution in [3.05, 3.63) is 65.4 Å². The summed E-state index contributed by atoms with van der Waals surface area (Å²) in [4.78, 5) is 9.01. The molecule has 0 atom stereocenters. The predicted molar refractivity (Wildman–Crippen MR) is 123 cm³/mol. The average Bonchev–Trinajstić information content (AvgIpc) is 2.72. The molecule has 3 rings (SSSR count). The molecule has 0 saturated heterocycles. The van der Waals surface area contributed by atoms with Crippen LogP contribution in [0.4, 0.5) is 17.5 Å². The van der Waals surface area contributed by atoms with Crippen molar-refractivity contribution < 1.29 is 13.2 Å². The molecule has 9 heteroatoms. The first-order valence-corrected chi connectivity index (χ1v) is 11.3. The molecule has 0 aliphatic heterocycles. The van der Waals surface area contributed by atoms with Crippen molar-refractivity contribution in [1.29, 1.82) is 0 Å². The predicted octanol–water partition coefficient (Wildman–Crippen LogP) is 3.54. The number of rotatable bonds is 9. The van der Waals surface area contributed by atoms with Crippen molar-refractivity contribution >= 4 is 27.5 Å². The van der Waals surface area contributed by atoms with Gasteiger partial charge in [-0.15, -0.1) is 0 Å². The first-order chi connectivity index (χ1) is 14.8. The zero-order valence-electron chi connectivity index (χ0n) is 18.1. The zero-order chi connectivity index (χ0) is 22.4. The lowest BCUT2D eigenvalue weighted by Crippen LogP contribution is -2.29. The van der Waals surface area contributed by atoms with Gasteiger partial charge in [0.15, 0.2) is 0 Å². The van der Waals surface area contributed by atoms with E-state index >= 15 is 0 Å². The van der Waals surface area contributed by atoms with Crippen molar-refractivity contribution in [2.75, 3.05) is 30.8 Å². The third-order valence-electron chi connectivity index (χ3n) is 4.55. The Balaban J connectivity index is 1.58. The van der Waals surface area contributed by atoms with Crippen LogP contribution in [0.15, 0.2) is 53.4 Å². The van der Waals surface area contributed by atoms with Crippen LogP contribution in [0.25, 0.3) is 0 Å². The molecule has 8 nitrogen and oxygen atoms in total. The molecule has 0 saturated carbocycles. The second kappa shape index (κ2) is 9.76. The summed E-state index contributed by atoms with van der Waals surface area (Å²) in [7, 11) is -2.07. The molecule has 1 aromatic heterocycles. The van der Waals surface area contributed by atoms with Crippen molar-refractivity contribution in [2.24, 2.45) is 0 Å². The highest BCUT2D eigenvalue weighted by molar-refractivity contribution is 7.89. The van der Waals surface area contributed by atoms with Gasteiger partial charge in [-0.25, -0.2) is 18.1 Å². The molecule has 0 fully saturated rings. The Kier molecular flexibility index (Phi) is 7.09. The van der Waals surface area contributed by atoms with E-state index in [4.69, 9.17) is 4.74 Å². The van der Waals surface area contributed by atoms with E-state index in [1.54, 1.807) is 26.2 Å². The second-order valence-electron chi connectivity index (χ2n) is 7.17. The highest BCUT2D eigenvalue weighted by Crippen LogP contribution is 2.21. The summed E-state index contributed by atoms with van der Waals surface area (Å²) in [5.41, 5.74) is 3.66. The van der Waals surface area contributed by atoms with Crippen molar-refractivity contribution in [3.63, 3.8) is 0 Å². The van der Waals surface area contributed by atoms with Crippen LogP contribution in [-0.4, -0.2) is 38.6 Å². The van der Waals surface area contributed by atoms with Crippen molar-refractivity contribution in [1.82, 2.24) is 14.7 Å². The molecule has 0 amide bonds. The number of hydrogen-bond acceptors (Lipinski definition) is 7.